The normalized spacial score (nSPS) is 20.6. The van der Waals surface area contributed by atoms with Gasteiger partial charge in [-0.25, -0.2) is 4.98 Å². The highest BCUT2D eigenvalue weighted by atomic mass is 32.2. The summed E-state index contributed by atoms with van der Waals surface area (Å²) >= 11 is 2.03. The van der Waals surface area contributed by atoms with E-state index in [0.29, 0.717) is 10.8 Å². The van der Waals surface area contributed by atoms with E-state index in [4.69, 9.17) is 0 Å². The minimum absolute atomic E-state index is 0.333. The number of nitrogens with zero attached hydrogens (tertiary/aromatic N) is 2. The Kier molecular flexibility index (Phi) is 4.15. The van der Waals surface area contributed by atoms with Gasteiger partial charge in [-0.15, -0.1) is 0 Å². The standard InChI is InChI=1S/C13H23N3S/c1-11(12-14-8-9-16(12)2)15-10-13(17-3)6-4-5-7-13/h8-9,11,15H,4-7,10H2,1-3H3. The van der Waals surface area contributed by atoms with Crippen LogP contribution in [0.15, 0.2) is 12.4 Å². The van der Waals surface area contributed by atoms with Crippen molar-refractivity contribution >= 4 is 11.8 Å². The van der Waals surface area contributed by atoms with Crippen molar-refractivity contribution < 1.29 is 0 Å². The zero-order chi connectivity index (χ0) is 12.3. The minimum Gasteiger partial charge on any atom is -0.337 e. The van der Waals surface area contributed by atoms with Gasteiger partial charge in [-0.1, -0.05) is 12.8 Å². The summed E-state index contributed by atoms with van der Waals surface area (Å²) in [4.78, 5) is 4.40. The van der Waals surface area contributed by atoms with E-state index in [0.717, 1.165) is 12.4 Å². The van der Waals surface area contributed by atoms with Crippen molar-refractivity contribution in [1.29, 1.82) is 0 Å². The maximum absolute atomic E-state index is 4.40. The van der Waals surface area contributed by atoms with Gasteiger partial charge in [0.2, 0.25) is 0 Å². The van der Waals surface area contributed by atoms with E-state index in [1.165, 1.54) is 25.7 Å². The summed E-state index contributed by atoms with van der Waals surface area (Å²) in [6.45, 7) is 3.30. The third-order valence-electron chi connectivity index (χ3n) is 3.92. The number of hydrogen-bond acceptors (Lipinski definition) is 3. The van der Waals surface area contributed by atoms with E-state index < -0.39 is 0 Å². The van der Waals surface area contributed by atoms with Gasteiger partial charge >= 0.3 is 0 Å². The molecule has 0 aliphatic heterocycles. The fraction of sp³-hybridized carbons (Fsp3) is 0.769. The smallest absolute Gasteiger partial charge is 0.125 e. The lowest BCUT2D eigenvalue weighted by Gasteiger charge is -2.28. The molecule has 0 amide bonds. The molecule has 2 rings (SSSR count). The lowest BCUT2D eigenvalue weighted by atomic mass is 10.1. The highest BCUT2D eigenvalue weighted by molar-refractivity contribution is 8.00. The van der Waals surface area contributed by atoms with E-state index in [9.17, 15) is 0 Å². The molecule has 1 N–H and O–H groups in total. The monoisotopic (exact) mass is 253 g/mol. The van der Waals surface area contributed by atoms with Crippen molar-refractivity contribution in [3.05, 3.63) is 18.2 Å². The molecule has 0 saturated heterocycles. The lowest BCUT2D eigenvalue weighted by Crippen LogP contribution is -2.37. The van der Waals surface area contributed by atoms with Gasteiger partial charge in [0.1, 0.15) is 5.82 Å². The molecule has 1 unspecified atom stereocenters. The molecule has 0 aromatic carbocycles. The fourth-order valence-electron chi connectivity index (χ4n) is 2.70. The highest BCUT2D eigenvalue weighted by Gasteiger charge is 2.33. The summed E-state index contributed by atoms with van der Waals surface area (Å²) in [7, 11) is 2.06. The van der Waals surface area contributed by atoms with Gasteiger partial charge in [0.25, 0.3) is 0 Å². The van der Waals surface area contributed by atoms with Crippen LogP contribution in [0.25, 0.3) is 0 Å². The number of rotatable bonds is 5. The number of thioether (sulfide) groups is 1. The van der Waals surface area contributed by atoms with Gasteiger partial charge in [0.15, 0.2) is 0 Å². The van der Waals surface area contributed by atoms with E-state index >= 15 is 0 Å². The zero-order valence-corrected chi connectivity index (χ0v) is 11.9. The molecule has 1 saturated carbocycles. The van der Waals surface area contributed by atoms with Crippen LogP contribution < -0.4 is 5.32 Å². The predicted molar refractivity (Wildman–Crippen MR) is 74.3 cm³/mol. The van der Waals surface area contributed by atoms with Crippen LogP contribution in [-0.4, -0.2) is 27.1 Å². The second-order valence-corrected chi connectivity index (χ2v) is 6.37. The van der Waals surface area contributed by atoms with Crippen molar-refractivity contribution in [1.82, 2.24) is 14.9 Å². The van der Waals surface area contributed by atoms with Gasteiger partial charge in [-0.2, -0.15) is 11.8 Å². The molecule has 0 spiro atoms. The zero-order valence-electron chi connectivity index (χ0n) is 11.1. The molecule has 1 heterocycles. The summed E-state index contributed by atoms with van der Waals surface area (Å²) in [5.74, 6) is 1.12. The van der Waals surface area contributed by atoms with E-state index in [-0.39, 0.29) is 0 Å². The molecule has 1 aliphatic carbocycles. The summed E-state index contributed by atoms with van der Waals surface area (Å²) in [5.41, 5.74) is 0. The second kappa shape index (κ2) is 5.44. The molecular formula is C13H23N3S. The number of aromatic nitrogens is 2. The Labute approximate surface area is 108 Å². The molecule has 1 aliphatic rings. The summed E-state index contributed by atoms with van der Waals surface area (Å²) in [5, 5.41) is 3.66. The van der Waals surface area contributed by atoms with Gasteiger partial charge < -0.3 is 9.88 Å². The number of imidazole rings is 1. The SMILES string of the molecule is CSC1(CNC(C)c2nccn2C)CCCC1. The van der Waals surface area contributed by atoms with Crippen LogP contribution in [0.4, 0.5) is 0 Å². The molecule has 17 heavy (non-hydrogen) atoms. The first kappa shape index (κ1) is 13.0. The van der Waals surface area contributed by atoms with Crippen LogP contribution in [0.5, 0.6) is 0 Å². The minimum atomic E-state index is 0.333. The van der Waals surface area contributed by atoms with Crippen LogP contribution in [0.3, 0.4) is 0 Å². The van der Waals surface area contributed by atoms with Crippen molar-refractivity contribution in [2.75, 3.05) is 12.8 Å². The van der Waals surface area contributed by atoms with Crippen LogP contribution in [0.2, 0.25) is 0 Å². The molecule has 1 aromatic heterocycles. The van der Waals surface area contributed by atoms with Crippen molar-refractivity contribution in [2.24, 2.45) is 7.05 Å². The quantitative estimate of drug-likeness (QED) is 0.875. The Hall–Kier alpha value is -0.480. The first-order chi connectivity index (χ1) is 8.17. The molecule has 3 nitrogen and oxygen atoms in total. The van der Waals surface area contributed by atoms with Crippen molar-refractivity contribution in [3.8, 4) is 0 Å². The molecule has 1 aromatic rings. The number of nitrogens with one attached hydrogen (secondary N) is 1. The molecule has 4 heteroatoms. The topological polar surface area (TPSA) is 29.9 Å². The van der Waals surface area contributed by atoms with Crippen LogP contribution in [0, 0.1) is 0 Å². The molecule has 0 radical (unpaired) electrons. The second-order valence-electron chi connectivity index (χ2n) is 5.09. The van der Waals surface area contributed by atoms with Crippen LogP contribution >= 0.6 is 11.8 Å². The lowest BCUT2D eigenvalue weighted by molar-refractivity contribution is 0.467. The maximum atomic E-state index is 4.40. The van der Waals surface area contributed by atoms with Crippen LogP contribution in [0.1, 0.15) is 44.5 Å². The van der Waals surface area contributed by atoms with E-state index in [2.05, 4.69) is 35.1 Å². The van der Waals surface area contributed by atoms with E-state index in [1.54, 1.807) is 0 Å². The van der Waals surface area contributed by atoms with E-state index in [1.807, 2.05) is 24.2 Å². The van der Waals surface area contributed by atoms with Crippen molar-refractivity contribution in [3.63, 3.8) is 0 Å². The van der Waals surface area contributed by atoms with Gasteiger partial charge in [0.05, 0.1) is 6.04 Å². The Morgan fingerprint density at radius 3 is 2.76 bits per heavy atom. The fourth-order valence-corrected chi connectivity index (χ4v) is 3.62. The molecule has 0 bridgehead atoms. The predicted octanol–water partition coefficient (Wildman–Crippen LogP) is 2.75. The summed E-state index contributed by atoms with van der Waals surface area (Å²) in [6, 6.07) is 0.333. The highest BCUT2D eigenvalue weighted by Crippen LogP contribution is 2.39. The van der Waals surface area contributed by atoms with Crippen molar-refractivity contribution in [2.45, 2.75) is 43.4 Å². The molecule has 96 valence electrons. The Morgan fingerprint density at radius 2 is 2.24 bits per heavy atom. The molecule has 1 fully saturated rings. The average Bonchev–Trinajstić information content (AvgIpc) is 2.95. The molecule has 1 atom stereocenters. The average molecular weight is 253 g/mol. The first-order valence-corrected chi connectivity index (χ1v) is 7.65. The molecular weight excluding hydrogens is 230 g/mol. The Morgan fingerprint density at radius 1 is 1.53 bits per heavy atom. The van der Waals surface area contributed by atoms with Crippen LogP contribution in [-0.2, 0) is 7.05 Å². The largest absolute Gasteiger partial charge is 0.337 e. The van der Waals surface area contributed by atoms with Gasteiger partial charge in [-0.05, 0) is 26.0 Å². The third kappa shape index (κ3) is 2.86. The summed E-state index contributed by atoms with van der Waals surface area (Å²) < 4.78 is 2.57. The number of aryl methyl sites for hydroxylation is 1. The third-order valence-corrected chi connectivity index (χ3v) is 5.34. The first-order valence-electron chi connectivity index (χ1n) is 6.43. The maximum Gasteiger partial charge on any atom is 0.125 e. The summed E-state index contributed by atoms with van der Waals surface area (Å²) in [6.07, 6.45) is 11.6. The Bertz CT molecular complexity index is 355. The Balaban J connectivity index is 1.91. The van der Waals surface area contributed by atoms with Gasteiger partial charge in [0, 0.05) is 30.7 Å². The number of hydrogen-bond donors (Lipinski definition) is 1. The van der Waals surface area contributed by atoms with Gasteiger partial charge in [-0.3, -0.25) is 0 Å².